The number of ether oxygens (including phenoxy) is 3. The summed E-state index contributed by atoms with van der Waals surface area (Å²) < 4.78 is 43.8. The number of carbonyl (C=O) groups is 1. The van der Waals surface area contributed by atoms with Crippen LogP contribution in [-0.4, -0.2) is 69.3 Å². The SMILES string of the molecule is COc1cc(CNC(CC(C)C)C(=O)N2CCN(C(c3ccc(F)cc3)c3ccc(F)cc3)CC2)cc(OC)c1OC. The zero-order chi connectivity index (χ0) is 30.2. The van der Waals surface area contributed by atoms with Gasteiger partial charge in [-0.1, -0.05) is 38.1 Å². The van der Waals surface area contributed by atoms with Crippen LogP contribution in [0.5, 0.6) is 17.2 Å². The van der Waals surface area contributed by atoms with E-state index in [-0.39, 0.29) is 29.6 Å². The van der Waals surface area contributed by atoms with Crippen LogP contribution < -0.4 is 19.5 Å². The molecule has 0 spiro atoms. The molecule has 0 aliphatic carbocycles. The summed E-state index contributed by atoms with van der Waals surface area (Å²) in [5, 5.41) is 3.47. The Kier molecular flexibility index (Phi) is 10.8. The van der Waals surface area contributed by atoms with Crippen molar-refractivity contribution >= 4 is 5.91 Å². The minimum absolute atomic E-state index is 0.0657. The Morgan fingerprint density at radius 3 is 1.74 bits per heavy atom. The summed E-state index contributed by atoms with van der Waals surface area (Å²) in [6.45, 7) is 7.04. The van der Waals surface area contributed by atoms with Crippen molar-refractivity contribution in [2.45, 2.75) is 38.9 Å². The number of nitrogens with one attached hydrogen (secondary N) is 1. The summed E-state index contributed by atoms with van der Waals surface area (Å²) in [7, 11) is 4.73. The lowest BCUT2D eigenvalue weighted by molar-refractivity contribution is -0.136. The van der Waals surface area contributed by atoms with Crippen LogP contribution in [0.1, 0.15) is 43.0 Å². The highest BCUT2D eigenvalue weighted by molar-refractivity contribution is 5.82. The van der Waals surface area contributed by atoms with E-state index in [0.29, 0.717) is 62.3 Å². The van der Waals surface area contributed by atoms with Crippen LogP contribution in [-0.2, 0) is 11.3 Å². The monoisotopic (exact) mass is 581 g/mol. The Hall–Kier alpha value is -3.69. The van der Waals surface area contributed by atoms with Crippen LogP contribution >= 0.6 is 0 Å². The number of hydrogen-bond donors (Lipinski definition) is 1. The summed E-state index contributed by atoms with van der Waals surface area (Å²) in [4.78, 5) is 18.0. The number of methoxy groups -OCH3 is 3. The van der Waals surface area contributed by atoms with Crippen molar-refractivity contribution in [3.8, 4) is 17.2 Å². The van der Waals surface area contributed by atoms with E-state index in [1.807, 2.05) is 17.0 Å². The van der Waals surface area contributed by atoms with E-state index in [2.05, 4.69) is 24.1 Å². The maximum absolute atomic E-state index is 13.8. The van der Waals surface area contributed by atoms with Gasteiger partial charge in [-0.3, -0.25) is 9.69 Å². The maximum atomic E-state index is 13.8. The number of nitrogens with zero attached hydrogens (tertiary/aromatic N) is 2. The summed E-state index contributed by atoms with van der Waals surface area (Å²) in [5.41, 5.74) is 2.76. The molecule has 1 N–H and O–H groups in total. The summed E-state index contributed by atoms with van der Waals surface area (Å²) in [6, 6.07) is 16.1. The normalized spacial score (nSPS) is 14.7. The molecule has 42 heavy (non-hydrogen) atoms. The number of rotatable bonds is 12. The van der Waals surface area contributed by atoms with Crippen LogP contribution in [0.2, 0.25) is 0 Å². The molecule has 1 atom stereocenters. The first-order valence-corrected chi connectivity index (χ1v) is 14.3. The smallest absolute Gasteiger partial charge is 0.239 e. The summed E-state index contributed by atoms with van der Waals surface area (Å²) >= 11 is 0. The van der Waals surface area contributed by atoms with Crippen molar-refractivity contribution in [3.63, 3.8) is 0 Å². The zero-order valence-electron chi connectivity index (χ0n) is 25.0. The number of piperazine rings is 1. The number of hydrogen-bond acceptors (Lipinski definition) is 6. The van der Waals surface area contributed by atoms with Gasteiger partial charge in [0.05, 0.1) is 33.4 Å². The summed E-state index contributed by atoms with van der Waals surface area (Å²) in [5.74, 6) is 1.42. The Labute approximate surface area is 247 Å². The third-order valence-corrected chi connectivity index (χ3v) is 7.64. The molecule has 1 aliphatic heterocycles. The second-order valence-electron chi connectivity index (χ2n) is 11.0. The lowest BCUT2D eigenvalue weighted by atomic mass is 9.96. The standard InChI is InChI=1S/C33H41F2N3O4/c1-22(2)18-28(36-21-23-19-29(40-3)32(42-5)30(20-23)41-4)33(39)38-16-14-37(15-17-38)31(24-6-10-26(34)11-7-24)25-8-12-27(35)13-9-25/h6-13,19-20,22,28,31,36H,14-18,21H2,1-5H3. The largest absolute Gasteiger partial charge is 0.493 e. The maximum Gasteiger partial charge on any atom is 0.239 e. The molecule has 1 saturated heterocycles. The molecule has 1 unspecified atom stereocenters. The van der Waals surface area contributed by atoms with E-state index in [0.717, 1.165) is 16.7 Å². The minimum atomic E-state index is -0.361. The lowest BCUT2D eigenvalue weighted by Gasteiger charge is -2.41. The Bertz CT molecular complexity index is 1240. The molecule has 1 aliphatic rings. The predicted octanol–water partition coefficient (Wildman–Crippen LogP) is 5.43. The molecule has 0 aromatic heterocycles. The molecule has 0 bridgehead atoms. The van der Waals surface area contributed by atoms with E-state index in [1.165, 1.54) is 24.3 Å². The quantitative estimate of drug-likeness (QED) is 0.308. The van der Waals surface area contributed by atoms with E-state index in [9.17, 15) is 13.6 Å². The van der Waals surface area contributed by atoms with E-state index >= 15 is 0 Å². The molecule has 1 amide bonds. The number of carbonyl (C=O) groups excluding carboxylic acids is 1. The molecule has 3 aromatic rings. The van der Waals surface area contributed by atoms with Crippen LogP contribution in [0.25, 0.3) is 0 Å². The van der Waals surface area contributed by atoms with Gasteiger partial charge in [-0.15, -0.1) is 0 Å². The van der Waals surface area contributed by atoms with E-state index < -0.39 is 0 Å². The van der Waals surface area contributed by atoms with Crippen LogP contribution in [0.3, 0.4) is 0 Å². The van der Waals surface area contributed by atoms with Crippen molar-refractivity contribution in [1.29, 1.82) is 0 Å². The van der Waals surface area contributed by atoms with Gasteiger partial charge in [0.1, 0.15) is 11.6 Å². The molecule has 1 heterocycles. The molecule has 4 rings (SSSR count). The number of halogens is 2. The third kappa shape index (κ3) is 7.57. The van der Waals surface area contributed by atoms with E-state index in [4.69, 9.17) is 14.2 Å². The van der Waals surface area contributed by atoms with Gasteiger partial charge in [-0.05, 0) is 65.4 Å². The van der Waals surface area contributed by atoms with Crippen LogP contribution in [0, 0.1) is 17.6 Å². The highest BCUT2D eigenvalue weighted by Gasteiger charge is 2.31. The molecular formula is C33H41F2N3O4. The fraction of sp³-hybridized carbons (Fsp3) is 0.424. The molecule has 1 fully saturated rings. The Morgan fingerprint density at radius 1 is 0.810 bits per heavy atom. The lowest BCUT2D eigenvalue weighted by Crippen LogP contribution is -2.54. The van der Waals surface area contributed by atoms with E-state index in [1.54, 1.807) is 45.6 Å². The first-order chi connectivity index (χ1) is 20.2. The van der Waals surface area contributed by atoms with Gasteiger partial charge in [-0.25, -0.2) is 8.78 Å². The molecule has 0 radical (unpaired) electrons. The van der Waals surface area contributed by atoms with Gasteiger partial charge in [0.2, 0.25) is 11.7 Å². The molecule has 3 aromatic carbocycles. The Morgan fingerprint density at radius 2 is 1.31 bits per heavy atom. The first kappa shape index (κ1) is 31.3. The molecule has 7 nitrogen and oxygen atoms in total. The van der Waals surface area contributed by atoms with Gasteiger partial charge in [0, 0.05) is 32.7 Å². The number of amides is 1. The molecule has 0 saturated carbocycles. The zero-order valence-corrected chi connectivity index (χ0v) is 25.0. The fourth-order valence-electron chi connectivity index (χ4n) is 5.55. The average Bonchev–Trinajstić information content (AvgIpc) is 3.00. The highest BCUT2D eigenvalue weighted by atomic mass is 19.1. The third-order valence-electron chi connectivity index (χ3n) is 7.64. The molecular weight excluding hydrogens is 540 g/mol. The number of benzene rings is 3. The van der Waals surface area contributed by atoms with Gasteiger partial charge in [-0.2, -0.15) is 0 Å². The van der Waals surface area contributed by atoms with Gasteiger partial charge in [0.15, 0.2) is 11.5 Å². The predicted molar refractivity (Wildman–Crippen MR) is 159 cm³/mol. The van der Waals surface area contributed by atoms with Crippen molar-refractivity contribution in [2.75, 3.05) is 47.5 Å². The molecule has 9 heteroatoms. The first-order valence-electron chi connectivity index (χ1n) is 14.3. The van der Waals surface area contributed by atoms with Gasteiger partial charge >= 0.3 is 0 Å². The fourth-order valence-corrected chi connectivity index (χ4v) is 5.55. The molecule has 226 valence electrons. The average molecular weight is 582 g/mol. The van der Waals surface area contributed by atoms with Gasteiger partial charge < -0.3 is 24.4 Å². The Balaban J connectivity index is 1.46. The van der Waals surface area contributed by atoms with Crippen LogP contribution in [0.4, 0.5) is 8.78 Å². The van der Waals surface area contributed by atoms with Crippen molar-refractivity contribution in [3.05, 3.63) is 89.0 Å². The second kappa shape index (κ2) is 14.5. The van der Waals surface area contributed by atoms with Crippen molar-refractivity contribution < 1.29 is 27.8 Å². The van der Waals surface area contributed by atoms with Crippen LogP contribution in [0.15, 0.2) is 60.7 Å². The van der Waals surface area contributed by atoms with Crippen molar-refractivity contribution in [2.24, 2.45) is 5.92 Å². The second-order valence-corrected chi connectivity index (χ2v) is 11.0. The van der Waals surface area contributed by atoms with Gasteiger partial charge in [0.25, 0.3) is 0 Å². The van der Waals surface area contributed by atoms with Crippen molar-refractivity contribution in [1.82, 2.24) is 15.1 Å². The summed E-state index contributed by atoms with van der Waals surface area (Å²) in [6.07, 6.45) is 0.692. The topological polar surface area (TPSA) is 63.3 Å². The highest BCUT2D eigenvalue weighted by Crippen LogP contribution is 2.38. The minimum Gasteiger partial charge on any atom is -0.493 e.